The first-order chi connectivity index (χ1) is 8.20. The van der Waals surface area contributed by atoms with E-state index in [0.717, 1.165) is 25.7 Å². The summed E-state index contributed by atoms with van der Waals surface area (Å²) < 4.78 is 1.54. The highest BCUT2D eigenvalue weighted by Gasteiger charge is 2.22. The van der Waals surface area contributed by atoms with Crippen molar-refractivity contribution in [2.24, 2.45) is 13.0 Å². The average molecular weight is 232 g/mol. The van der Waals surface area contributed by atoms with Crippen LogP contribution in [-0.4, -0.2) is 15.7 Å². The third-order valence-corrected chi connectivity index (χ3v) is 3.17. The lowest BCUT2D eigenvalue weighted by Gasteiger charge is -2.20. The van der Waals surface area contributed by atoms with Gasteiger partial charge in [0.05, 0.1) is 0 Å². The third-order valence-electron chi connectivity index (χ3n) is 3.17. The van der Waals surface area contributed by atoms with Gasteiger partial charge in [-0.2, -0.15) is 10.4 Å². The summed E-state index contributed by atoms with van der Waals surface area (Å²) in [5.74, 6) is 0.461. The van der Waals surface area contributed by atoms with Crippen molar-refractivity contribution in [3.63, 3.8) is 0 Å². The molecule has 1 fully saturated rings. The van der Waals surface area contributed by atoms with E-state index in [1.807, 2.05) is 6.07 Å². The number of hydrogen-bond donors (Lipinski definition) is 1. The van der Waals surface area contributed by atoms with E-state index < -0.39 is 0 Å². The highest BCUT2D eigenvalue weighted by Crippen LogP contribution is 2.25. The fourth-order valence-electron chi connectivity index (χ4n) is 2.25. The van der Waals surface area contributed by atoms with Crippen LogP contribution in [0, 0.1) is 17.2 Å². The number of nitriles is 1. The SMILES string of the molecule is Cn1cc(C#N)c(NC(=O)C2CCCCC2)n1. The predicted octanol–water partition coefficient (Wildman–Crippen LogP) is 1.81. The maximum atomic E-state index is 12.0. The van der Waals surface area contributed by atoms with Gasteiger partial charge in [-0.15, -0.1) is 0 Å². The van der Waals surface area contributed by atoms with Gasteiger partial charge >= 0.3 is 0 Å². The molecule has 17 heavy (non-hydrogen) atoms. The van der Waals surface area contributed by atoms with E-state index in [0.29, 0.717) is 11.4 Å². The Hall–Kier alpha value is -1.83. The number of aryl methyl sites for hydroxylation is 1. The molecule has 0 radical (unpaired) electrons. The molecular weight excluding hydrogens is 216 g/mol. The molecule has 1 aromatic rings. The van der Waals surface area contributed by atoms with E-state index in [1.165, 1.54) is 11.1 Å². The maximum Gasteiger partial charge on any atom is 0.228 e. The Morgan fingerprint density at radius 1 is 1.53 bits per heavy atom. The van der Waals surface area contributed by atoms with Gasteiger partial charge in [0, 0.05) is 19.2 Å². The van der Waals surface area contributed by atoms with E-state index in [9.17, 15) is 4.79 Å². The first kappa shape index (κ1) is 11.6. The van der Waals surface area contributed by atoms with Crippen molar-refractivity contribution in [3.8, 4) is 6.07 Å². The van der Waals surface area contributed by atoms with Crippen LogP contribution in [0.1, 0.15) is 37.7 Å². The number of nitrogens with zero attached hydrogens (tertiary/aromatic N) is 3. The van der Waals surface area contributed by atoms with Crippen molar-refractivity contribution in [3.05, 3.63) is 11.8 Å². The highest BCUT2D eigenvalue weighted by atomic mass is 16.2. The number of nitrogens with one attached hydrogen (secondary N) is 1. The van der Waals surface area contributed by atoms with Crippen LogP contribution in [0.3, 0.4) is 0 Å². The Bertz CT molecular complexity index is 452. The van der Waals surface area contributed by atoms with Crippen LogP contribution < -0.4 is 5.32 Å². The lowest BCUT2D eigenvalue weighted by molar-refractivity contribution is -0.120. The van der Waals surface area contributed by atoms with Crippen LogP contribution >= 0.6 is 0 Å². The molecule has 5 heteroatoms. The van der Waals surface area contributed by atoms with E-state index in [2.05, 4.69) is 10.4 Å². The molecule has 1 N–H and O–H groups in total. The standard InChI is InChI=1S/C12H16N4O/c1-16-8-10(7-13)11(15-16)14-12(17)9-5-3-2-4-6-9/h8-9H,2-6H2,1H3,(H,14,15,17). The monoisotopic (exact) mass is 232 g/mol. The topological polar surface area (TPSA) is 70.7 Å². The van der Waals surface area contributed by atoms with Gasteiger partial charge in [-0.25, -0.2) is 0 Å². The van der Waals surface area contributed by atoms with Gasteiger partial charge in [0.1, 0.15) is 11.6 Å². The smallest absolute Gasteiger partial charge is 0.228 e. The molecule has 5 nitrogen and oxygen atoms in total. The largest absolute Gasteiger partial charge is 0.308 e. The molecule has 0 unspecified atom stereocenters. The zero-order valence-electron chi connectivity index (χ0n) is 9.94. The van der Waals surface area contributed by atoms with Crippen LogP contribution in [0.25, 0.3) is 0 Å². The molecule has 0 spiro atoms. The summed E-state index contributed by atoms with van der Waals surface area (Å²) in [5, 5.41) is 15.7. The fourth-order valence-corrected chi connectivity index (χ4v) is 2.25. The molecule has 2 rings (SSSR count). The summed E-state index contributed by atoms with van der Waals surface area (Å²) in [7, 11) is 1.73. The molecule has 1 amide bonds. The lowest BCUT2D eigenvalue weighted by atomic mass is 9.89. The van der Waals surface area contributed by atoms with Gasteiger partial charge in [-0.3, -0.25) is 9.48 Å². The Kier molecular flexibility index (Phi) is 3.43. The van der Waals surface area contributed by atoms with Crippen LogP contribution in [0.2, 0.25) is 0 Å². The van der Waals surface area contributed by atoms with Crippen LogP contribution in [0.4, 0.5) is 5.82 Å². The predicted molar refractivity (Wildman–Crippen MR) is 63.1 cm³/mol. The number of amides is 1. The van der Waals surface area contributed by atoms with Crippen molar-refractivity contribution >= 4 is 11.7 Å². The second kappa shape index (κ2) is 5.00. The molecule has 0 aromatic carbocycles. The van der Waals surface area contributed by atoms with Crippen molar-refractivity contribution < 1.29 is 4.79 Å². The number of carbonyl (C=O) groups excluding carboxylic acids is 1. The third kappa shape index (κ3) is 2.64. The minimum atomic E-state index is -0.0000926. The Morgan fingerprint density at radius 2 is 2.24 bits per heavy atom. The molecule has 1 aliphatic carbocycles. The van der Waals surface area contributed by atoms with Gasteiger partial charge in [0.2, 0.25) is 5.91 Å². The summed E-state index contributed by atoms with van der Waals surface area (Å²) >= 11 is 0. The molecule has 1 heterocycles. The van der Waals surface area contributed by atoms with Crippen molar-refractivity contribution in [2.45, 2.75) is 32.1 Å². The quantitative estimate of drug-likeness (QED) is 0.845. The van der Waals surface area contributed by atoms with Gasteiger partial charge in [-0.05, 0) is 12.8 Å². The number of aromatic nitrogens is 2. The summed E-state index contributed by atoms with van der Waals surface area (Å²) in [6.45, 7) is 0. The van der Waals surface area contributed by atoms with Crippen molar-refractivity contribution in [2.75, 3.05) is 5.32 Å². The van der Waals surface area contributed by atoms with Crippen molar-refractivity contribution in [1.82, 2.24) is 9.78 Å². The van der Waals surface area contributed by atoms with Gasteiger partial charge < -0.3 is 5.32 Å². The number of anilines is 1. The highest BCUT2D eigenvalue weighted by molar-refractivity contribution is 5.92. The molecule has 90 valence electrons. The van der Waals surface area contributed by atoms with Crippen LogP contribution in [0.5, 0.6) is 0 Å². The molecule has 0 saturated heterocycles. The Morgan fingerprint density at radius 3 is 2.88 bits per heavy atom. The molecule has 1 aliphatic rings. The van der Waals surface area contributed by atoms with E-state index in [-0.39, 0.29) is 11.8 Å². The summed E-state index contributed by atoms with van der Waals surface area (Å²) in [4.78, 5) is 12.0. The van der Waals surface area contributed by atoms with Gasteiger partial charge in [0.25, 0.3) is 0 Å². The second-order valence-electron chi connectivity index (χ2n) is 4.50. The molecular formula is C12H16N4O. The summed E-state index contributed by atoms with van der Waals surface area (Å²) in [6, 6.07) is 2.03. The van der Waals surface area contributed by atoms with E-state index in [1.54, 1.807) is 13.2 Å². The summed E-state index contributed by atoms with van der Waals surface area (Å²) in [6.07, 6.45) is 6.95. The molecule has 0 bridgehead atoms. The minimum Gasteiger partial charge on any atom is -0.308 e. The fraction of sp³-hybridized carbons (Fsp3) is 0.583. The van der Waals surface area contributed by atoms with E-state index >= 15 is 0 Å². The Labute approximate surface area is 100 Å². The number of carbonyl (C=O) groups is 1. The molecule has 1 aromatic heterocycles. The second-order valence-corrected chi connectivity index (χ2v) is 4.50. The van der Waals surface area contributed by atoms with Gasteiger partial charge in [-0.1, -0.05) is 19.3 Å². The minimum absolute atomic E-state index is 0.0000926. The zero-order chi connectivity index (χ0) is 12.3. The average Bonchev–Trinajstić information content (AvgIpc) is 2.70. The zero-order valence-corrected chi connectivity index (χ0v) is 9.94. The number of hydrogen-bond acceptors (Lipinski definition) is 3. The number of rotatable bonds is 2. The van der Waals surface area contributed by atoms with E-state index in [4.69, 9.17) is 5.26 Å². The molecule has 0 atom stereocenters. The van der Waals surface area contributed by atoms with Gasteiger partial charge in [0.15, 0.2) is 5.82 Å². The summed E-state index contributed by atoms with van der Waals surface area (Å²) in [5.41, 5.74) is 0.414. The lowest BCUT2D eigenvalue weighted by Crippen LogP contribution is -2.25. The first-order valence-corrected chi connectivity index (χ1v) is 5.95. The maximum absolute atomic E-state index is 12.0. The first-order valence-electron chi connectivity index (χ1n) is 5.95. The van der Waals surface area contributed by atoms with Crippen LogP contribution in [0.15, 0.2) is 6.20 Å². The molecule has 0 aliphatic heterocycles. The Balaban J connectivity index is 2.04. The molecule has 1 saturated carbocycles. The van der Waals surface area contributed by atoms with Crippen LogP contribution in [-0.2, 0) is 11.8 Å². The van der Waals surface area contributed by atoms with Crippen molar-refractivity contribution in [1.29, 1.82) is 5.26 Å². The normalized spacial score (nSPS) is 16.5.